The Hall–Kier alpha value is -3.07. The highest BCUT2D eigenvalue weighted by molar-refractivity contribution is 5.89. The number of hydrogen-bond acceptors (Lipinski definition) is 3. The first-order chi connectivity index (χ1) is 12.2. The standard InChI is InChI=1S/C22H21NO2/c1-16(13-17-7-9-19(10-8-17)22(24)25-2)15-23-21-12-11-18-5-3-4-6-20(18)14-21/h3-14,23H,15H2,1-2H3. The first-order valence-electron chi connectivity index (χ1n) is 8.24. The minimum Gasteiger partial charge on any atom is -0.465 e. The van der Waals surface area contributed by atoms with Crippen LogP contribution >= 0.6 is 0 Å². The van der Waals surface area contributed by atoms with Crippen LogP contribution in [0.1, 0.15) is 22.8 Å². The van der Waals surface area contributed by atoms with Gasteiger partial charge in [-0.25, -0.2) is 4.79 Å². The molecule has 0 aliphatic heterocycles. The van der Waals surface area contributed by atoms with Gasteiger partial charge in [-0.2, -0.15) is 0 Å². The molecule has 0 aromatic heterocycles. The molecule has 0 amide bonds. The van der Waals surface area contributed by atoms with Crippen LogP contribution in [0.5, 0.6) is 0 Å². The summed E-state index contributed by atoms with van der Waals surface area (Å²) in [7, 11) is 1.39. The number of carbonyl (C=O) groups excluding carboxylic acids is 1. The minimum atomic E-state index is -0.315. The van der Waals surface area contributed by atoms with Gasteiger partial charge in [0.25, 0.3) is 0 Å². The van der Waals surface area contributed by atoms with E-state index in [0.29, 0.717) is 5.56 Å². The first kappa shape index (κ1) is 16.8. The summed E-state index contributed by atoms with van der Waals surface area (Å²) >= 11 is 0. The molecule has 3 nitrogen and oxygen atoms in total. The van der Waals surface area contributed by atoms with Crippen LogP contribution in [-0.4, -0.2) is 19.6 Å². The van der Waals surface area contributed by atoms with Crippen LogP contribution in [0, 0.1) is 0 Å². The van der Waals surface area contributed by atoms with E-state index in [0.717, 1.165) is 17.8 Å². The van der Waals surface area contributed by atoms with Gasteiger partial charge in [0.05, 0.1) is 12.7 Å². The predicted molar refractivity (Wildman–Crippen MR) is 104 cm³/mol. The topological polar surface area (TPSA) is 38.3 Å². The lowest BCUT2D eigenvalue weighted by Crippen LogP contribution is -2.02. The maximum Gasteiger partial charge on any atom is 0.337 e. The lowest BCUT2D eigenvalue weighted by atomic mass is 10.1. The molecule has 3 heteroatoms. The second-order valence-electron chi connectivity index (χ2n) is 6.02. The van der Waals surface area contributed by atoms with Crippen molar-refractivity contribution in [3.8, 4) is 0 Å². The van der Waals surface area contributed by atoms with Crippen LogP contribution in [0.2, 0.25) is 0 Å². The zero-order valence-electron chi connectivity index (χ0n) is 14.5. The molecule has 0 heterocycles. The van der Waals surface area contributed by atoms with E-state index in [1.165, 1.54) is 23.5 Å². The molecule has 3 rings (SSSR count). The molecule has 0 saturated heterocycles. The van der Waals surface area contributed by atoms with E-state index < -0.39 is 0 Å². The van der Waals surface area contributed by atoms with Gasteiger partial charge in [0, 0.05) is 12.2 Å². The third-order valence-corrected chi connectivity index (χ3v) is 4.07. The van der Waals surface area contributed by atoms with Crippen LogP contribution in [0.25, 0.3) is 16.8 Å². The third kappa shape index (κ3) is 4.27. The molecule has 1 N–H and O–H groups in total. The number of rotatable bonds is 5. The highest BCUT2D eigenvalue weighted by atomic mass is 16.5. The highest BCUT2D eigenvalue weighted by Gasteiger charge is 2.03. The fourth-order valence-corrected chi connectivity index (χ4v) is 2.71. The van der Waals surface area contributed by atoms with Crippen LogP contribution in [-0.2, 0) is 4.74 Å². The summed E-state index contributed by atoms with van der Waals surface area (Å²) in [5, 5.41) is 5.92. The molecular weight excluding hydrogens is 310 g/mol. The Balaban J connectivity index is 1.65. The molecule has 0 bridgehead atoms. The summed E-state index contributed by atoms with van der Waals surface area (Å²) in [4.78, 5) is 11.5. The van der Waals surface area contributed by atoms with Gasteiger partial charge >= 0.3 is 5.97 Å². The third-order valence-electron chi connectivity index (χ3n) is 4.07. The van der Waals surface area contributed by atoms with E-state index in [2.05, 4.69) is 54.7 Å². The molecular formula is C22H21NO2. The Kier molecular flexibility index (Phi) is 5.14. The van der Waals surface area contributed by atoms with Crippen LogP contribution < -0.4 is 5.32 Å². The molecule has 0 fully saturated rings. The smallest absolute Gasteiger partial charge is 0.337 e. The van der Waals surface area contributed by atoms with Crippen molar-refractivity contribution in [1.82, 2.24) is 0 Å². The van der Waals surface area contributed by atoms with Crippen molar-refractivity contribution < 1.29 is 9.53 Å². The average Bonchev–Trinajstić information content (AvgIpc) is 2.66. The SMILES string of the molecule is COC(=O)c1ccc(C=C(C)CNc2ccc3ccccc3c2)cc1. The molecule has 126 valence electrons. The summed E-state index contributed by atoms with van der Waals surface area (Å²) in [5.74, 6) is -0.315. The van der Waals surface area contributed by atoms with Crippen LogP contribution in [0.15, 0.2) is 72.3 Å². The van der Waals surface area contributed by atoms with Crippen molar-refractivity contribution in [2.24, 2.45) is 0 Å². The number of benzene rings is 3. The number of esters is 1. The van der Waals surface area contributed by atoms with Gasteiger partial charge in [0.1, 0.15) is 0 Å². The molecule has 0 aliphatic carbocycles. The number of ether oxygens (including phenoxy) is 1. The summed E-state index contributed by atoms with van der Waals surface area (Å²) in [6.07, 6.45) is 2.11. The summed E-state index contributed by atoms with van der Waals surface area (Å²) in [6.45, 7) is 2.85. The Labute approximate surface area is 147 Å². The second-order valence-corrected chi connectivity index (χ2v) is 6.02. The largest absolute Gasteiger partial charge is 0.465 e. The Morgan fingerprint density at radius 1 is 1.00 bits per heavy atom. The molecule has 3 aromatic carbocycles. The van der Waals surface area contributed by atoms with Crippen molar-refractivity contribution in [2.75, 3.05) is 19.0 Å². The Morgan fingerprint density at radius 2 is 1.72 bits per heavy atom. The molecule has 0 aliphatic rings. The van der Waals surface area contributed by atoms with E-state index in [-0.39, 0.29) is 5.97 Å². The van der Waals surface area contributed by atoms with Gasteiger partial charge in [-0.3, -0.25) is 0 Å². The normalized spacial score (nSPS) is 11.4. The van der Waals surface area contributed by atoms with E-state index in [1.807, 2.05) is 18.2 Å². The van der Waals surface area contributed by atoms with Gasteiger partial charge in [-0.15, -0.1) is 0 Å². The minimum absolute atomic E-state index is 0.315. The van der Waals surface area contributed by atoms with Gasteiger partial charge in [-0.1, -0.05) is 54.1 Å². The summed E-state index contributed by atoms with van der Waals surface area (Å²) < 4.78 is 4.71. The fourth-order valence-electron chi connectivity index (χ4n) is 2.71. The predicted octanol–water partition coefficient (Wildman–Crippen LogP) is 5.14. The zero-order valence-corrected chi connectivity index (χ0v) is 14.5. The van der Waals surface area contributed by atoms with Crippen molar-refractivity contribution in [2.45, 2.75) is 6.92 Å². The van der Waals surface area contributed by atoms with E-state index in [1.54, 1.807) is 12.1 Å². The fraction of sp³-hybridized carbons (Fsp3) is 0.136. The number of fused-ring (bicyclic) bond motifs is 1. The Morgan fingerprint density at radius 3 is 2.44 bits per heavy atom. The quantitative estimate of drug-likeness (QED) is 0.658. The number of hydrogen-bond donors (Lipinski definition) is 1. The molecule has 0 spiro atoms. The monoisotopic (exact) mass is 331 g/mol. The lowest BCUT2D eigenvalue weighted by Gasteiger charge is -2.08. The number of nitrogens with one attached hydrogen (secondary N) is 1. The molecule has 0 atom stereocenters. The van der Waals surface area contributed by atoms with Gasteiger partial charge < -0.3 is 10.1 Å². The van der Waals surface area contributed by atoms with Crippen molar-refractivity contribution in [3.05, 3.63) is 83.4 Å². The Bertz CT molecular complexity index is 911. The summed E-state index contributed by atoms with van der Waals surface area (Å²) in [6, 6.07) is 22.1. The molecule has 0 unspecified atom stereocenters. The first-order valence-corrected chi connectivity index (χ1v) is 8.24. The maximum absolute atomic E-state index is 11.5. The van der Waals surface area contributed by atoms with Gasteiger partial charge in [0.15, 0.2) is 0 Å². The van der Waals surface area contributed by atoms with E-state index >= 15 is 0 Å². The zero-order chi connectivity index (χ0) is 17.6. The highest BCUT2D eigenvalue weighted by Crippen LogP contribution is 2.19. The maximum atomic E-state index is 11.5. The second kappa shape index (κ2) is 7.67. The molecule has 0 radical (unpaired) electrons. The number of anilines is 1. The molecule has 3 aromatic rings. The average molecular weight is 331 g/mol. The number of methoxy groups -OCH3 is 1. The van der Waals surface area contributed by atoms with E-state index in [4.69, 9.17) is 4.74 Å². The van der Waals surface area contributed by atoms with E-state index in [9.17, 15) is 4.79 Å². The van der Waals surface area contributed by atoms with Crippen molar-refractivity contribution in [3.63, 3.8) is 0 Å². The van der Waals surface area contributed by atoms with Crippen LogP contribution in [0.4, 0.5) is 5.69 Å². The van der Waals surface area contributed by atoms with Gasteiger partial charge in [-0.05, 0) is 47.5 Å². The molecule has 0 saturated carbocycles. The van der Waals surface area contributed by atoms with Gasteiger partial charge in [0.2, 0.25) is 0 Å². The van der Waals surface area contributed by atoms with Crippen molar-refractivity contribution in [1.29, 1.82) is 0 Å². The number of carbonyl (C=O) groups is 1. The summed E-state index contributed by atoms with van der Waals surface area (Å²) in [5.41, 5.74) is 3.93. The lowest BCUT2D eigenvalue weighted by molar-refractivity contribution is 0.0600. The molecule has 25 heavy (non-hydrogen) atoms. The van der Waals surface area contributed by atoms with Crippen LogP contribution in [0.3, 0.4) is 0 Å². The van der Waals surface area contributed by atoms with Crippen molar-refractivity contribution >= 4 is 28.5 Å².